The largest absolute Gasteiger partial charge is 0.466 e. The van der Waals surface area contributed by atoms with Gasteiger partial charge in [-0.05, 0) is 32.6 Å². The lowest BCUT2D eigenvalue weighted by atomic mass is 10.0. The Morgan fingerprint density at radius 1 is 1.05 bits per heavy atom. The predicted molar refractivity (Wildman–Crippen MR) is 76.1 cm³/mol. The second-order valence-corrected chi connectivity index (χ2v) is 4.46. The van der Waals surface area contributed by atoms with Crippen LogP contribution >= 0.6 is 0 Å². The zero-order chi connectivity index (χ0) is 15.2. The molecule has 0 saturated carbocycles. The van der Waals surface area contributed by atoms with Gasteiger partial charge in [0, 0.05) is 19.1 Å². The highest BCUT2D eigenvalue weighted by Crippen LogP contribution is 2.13. The molecule has 0 aliphatic rings. The third kappa shape index (κ3) is 10.6. The Hall–Kier alpha value is -1.36. The number of ether oxygens (including phenoxy) is 2. The minimum Gasteiger partial charge on any atom is -0.466 e. The summed E-state index contributed by atoms with van der Waals surface area (Å²) in [5.41, 5.74) is 0.810. The normalized spacial score (nSPS) is 11.2. The van der Waals surface area contributed by atoms with Crippen molar-refractivity contribution in [3.05, 3.63) is 11.6 Å². The minimum atomic E-state index is -0.403. The molecule has 0 aliphatic carbocycles. The molecule has 0 spiro atoms. The van der Waals surface area contributed by atoms with Crippen LogP contribution in [0.3, 0.4) is 0 Å². The Bertz CT molecular complexity index is 309. The number of carbonyl (C=O) groups excluding carboxylic acids is 2. The standard InChI is InChI=1S/C15H26O5/c1-3-5-11-20-14(17)9-8-13(7-6-10-16)12-15(18)19-4-2/h12,16H,3-11H2,1-2H3/b13-12+. The maximum atomic E-state index is 11.5. The van der Waals surface area contributed by atoms with Gasteiger partial charge in [-0.2, -0.15) is 0 Å². The van der Waals surface area contributed by atoms with Crippen LogP contribution in [0.1, 0.15) is 52.4 Å². The summed E-state index contributed by atoms with van der Waals surface area (Å²) in [6, 6.07) is 0. The molecular formula is C15H26O5. The number of hydrogen-bond acceptors (Lipinski definition) is 5. The number of allylic oxidation sites excluding steroid dienone is 1. The first-order chi connectivity index (χ1) is 9.63. The monoisotopic (exact) mass is 286 g/mol. The van der Waals surface area contributed by atoms with E-state index in [9.17, 15) is 9.59 Å². The second kappa shape index (κ2) is 12.7. The van der Waals surface area contributed by atoms with E-state index in [0.717, 1.165) is 18.4 Å². The first kappa shape index (κ1) is 18.6. The van der Waals surface area contributed by atoms with Gasteiger partial charge in [-0.1, -0.05) is 18.9 Å². The smallest absolute Gasteiger partial charge is 0.330 e. The van der Waals surface area contributed by atoms with E-state index in [-0.39, 0.29) is 19.0 Å². The van der Waals surface area contributed by atoms with Gasteiger partial charge in [-0.15, -0.1) is 0 Å². The Balaban J connectivity index is 4.21. The Kier molecular flexibility index (Phi) is 11.8. The SMILES string of the molecule is CCCCOC(=O)CC/C(=C/C(=O)OCC)CCCO. The Labute approximate surface area is 121 Å². The van der Waals surface area contributed by atoms with E-state index >= 15 is 0 Å². The maximum Gasteiger partial charge on any atom is 0.330 e. The topological polar surface area (TPSA) is 72.8 Å². The zero-order valence-electron chi connectivity index (χ0n) is 12.5. The van der Waals surface area contributed by atoms with Crippen molar-refractivity contribution in [2.45, 2.75) is 52.4 Å². The van der Waals surface area contributed by atoms with Gasteiger partial charge in [-0.25, -0.2) is 4.79 Å². The number of aliphatic hydroxyl groups is 1. The molecule has 0 unspecified atom stereocenters. The number of unbranched alkanes of at least 4 members (excludes halogenated alkanes) is 1. The molecule has 0 saturated heterocycles. The van der Waals surface area contributed by atoms with Crippen LogP contribution in [-0.2, 0) is 19.1 Å². The van der Waals surface area contributed by atoms with Crippen molar-refractivity contribution >= 4 is 11.9 Å². The van der Waals surface area contributed by atoms with Gasteiger partial charge < -0.3 is 14.6 Å². The van der Waals surface area contributed by atoms with Gasteiger partial charge in [0.1, 0.15) is 0 Å². The summed E-state index contributed by atoms with van der Waals surface area (Å²) in [4.78, 5) is 22.9. The molecule has 0 aromatic carbocycles. The van der Waals surface area contributed by atoms with E-state index in [1.807, 2.05) is 6.92 Å². The van der Waals surface area contributed by atoms with Crippen LogP contribution in [0.15, 0.2) is 11.6 Å². The molecular weight excluding hydrogens is 260 g/mol. The molecule has 0 aromatic rings. The highest BCUT2D eigenvalue weighted by atomic mass is 16.5. The van der Waals surface area contributed by atoms with Gasteiger partial charge in [0.15, 0.2) is 0 Å². The molecule has 0 atom stereocenters. The number of hydrogen-bond donors (Lipinski definition) is 1. The molecule has 0 radical (unpaired) electrons. The van der Waals surface area contributed by atoms with E-state index < -0.39 is 5.97 Å². The summed E-state index contributed by atoms with van der Waals surface area (Å²) in [5, 5.41) is 8.84. The van der Waals surface area contributed by atoms with Crippen molar-refractivity contribution in [3.8, 4) is 0 Å². The third-order valence-electron chi connectivity index (χ3n) is 2.68. The van der Waals surface area contributed by atoms with Gasteiger partial charge in [0.2, 0.25) is 0 Å². The molecule has 0 amide bonds. The summed E-state index contributed by atoms with van der Waals surface area (Å²) in [7, 11) is 0. The highest BCUT2D eigenvalue weighted by Gasteiger charge is 2.08. The fourth-order valence-electron chi connectivity index (χ4n) is 1.59. The van der Waals surface area contributed by atoms with Crippen LogP contribution in [0.25, 0.3) is 0 Å². The Morgan fingerprint density at radius 2 is 1.80 bits per heavy atom. The van der Waals surface area contributed by atoms with Gasteiger partial charge in [0.25, 0.3) is 0 Å². The fourth-order valence-corrected chi connectivity index (χ4v) is 1.59. The highest BCUT2D eigenvalue weighted by molar-refractivity contribution is 5.83. The molecule has 0 aliphatic heterocycles. The zero-order valence-corrected chi connectivity index (χ0v) is 12.5. The van der Waals surface area contributed by atoms with Crippen molar-refractivity contribution in [1.82, 2.24) is 0 Å². The lowest BCUT2D eigenvalue weighted by Crippen LogP contribution is -2.07. The Morgan fingerprint density at radius 3 is 2.40 bits per heavy atom. The average Bonchev–Trinajstić information content (AvgIpc) is 2.42. The number of rotatable bonds is 11. The average molecular weight is 286 g/mol. The van der Waals surface area contributed by atoms with E-state index in [0.29, 0.717) is 32.5 Å². The van der Waals surface area contributed by atoms with Crippen LogP contribution < -0.4 is 0 Å². The van der Waals surface area contributed by atoms with Crippen molar-refractivity contribution in [2.24, 2.45) is 0 Å². The summed E-state index contributed by atoms with van der Waals surface area (Å²) < 4.78 is 9.90. The lowest BCUT2D eigenvalue weighted by Gasteiger charge is -2.07. The summed E-state index contributed by atoms with van der Waals surface area (Å²) in [5.74, 6) is -0.656. The van der Waals surface area contributed by atoms with E-state index in [1.54, 1.807) is 6.92 Å². The van der Waals surface area contributed by atoms with Crippen LogP contribution in [0.4, 0.5) is 0 Å². The van der Waals surface area contributed by atoms with Gasteiger partial charge in [-0.3, -0.25) is 4.79 Å². The van der Waals surface area contributed by atoms with E-state index in [2.05, 4.69) is 0 Å². The third-order valence-corrected chi connectivity index (χ3v) is 2.68. The molecule has 0 bridgehead atoms. The minimum absolute atomic E-state index is 0.0567. The number of aliphatic hydroxyl groups excluding tert-OH is 1. The fraction of sp³-hybridized carbons (Fsp3) is 0.733. The molecule has 20 heavy (non-hydrogen) atoms. The van der Waals surface area contributed by atoms with Crippen molar-refractivity contribution in [1.29, 1.82) is 0 Å². The first-order valence-electron chi connectivity index (χ1n) is 7.26. The van der Waals surface area contributed by atoms with E-state index in [4.69, 9.17) is 14.6 Å². The van der Waals surface area contributed by atoms with Crippen molar-refractivity contribution in [2.75, 3.05) is 19.8 Å². The summed E-state index contributed by atoms with van der Waals surface area (Å²) >= 11 is 0. The predicted octanol–water partition coefficient (Wildman–Crippen LogP) is 2.37. The van der Waals surface area contributed by atoms with Gasteiger partial charge >= 0.3 is 11.9 Å². The first-order valence-corrected chi connectivity index (χ1v) is 7.26. The molecule has 0 heterocycles. The molecule has 5 heteroatoms. The lowest BCUT2D eigenvalue weighted by molar-refractivity contribution is -0.144. The van der Waals surface area contributed by atoms with Crippen LogP contribution in [0.5, 0.6) is 0 Å². The van der Waals surface area contributed by atoms with Crippen LogP contribution in [-0.4, -0.2) is 36.9 Å². The van der Waals surface area contributed by atoms with Crippen molar-refractivity contribution < 1.29 is 24.2 Å². The molecule has 1 N–H and O–H groups in total. The quantitative estimate of drug-likeness (QED) is 0.358. The molecule has 0 rings (SSSR count). The molecule has 5 nitrogen and oxygen atoms in total. The second-order valence-electron chi connectivity index (χ2n) is 4.46. The molecule has 0 aromatic heterocycles. The maximum absolute atomic E-state index is 11.5. The molecule has 116 valence electrons. The summed E-state index contributed by atoms with van der Waals surface area (Å²) in [6.07, 6.45) is 5.12. The van der Waals surface area contributed by atoms with E-state index in [1.165, 1.54) is 6.08 Å². The summed E-state index contributed by atoms with van der Waals surface area (Å²) in [6.45, 7) is 4.60. The number of esters is 2. The van der Waals surface area contributed by atoms with Crippen molar-refractivity contribution in [3.63, 3.8) is 0 Å². The van der Waals surface area contributed by atoms with Crippen LogP contribution in [0, 0.1) is 0 Å². The van der Waals surface area contributed by atoms with Crippen LogP contribution in [0.2, 0.25) is 0 Å². The molecule has 0 fully saturated rings. The van der Waals surface area contributed by atoms with Gasteiger partial charge in [0.05, 0.1) is 13.2 Å². The number of carbonyl (C=O) groups is 2.